The lowest BCUT2D eigenvalue weighted by Gasteiger charge is -2.02. The third-order valence-corrected chi connectivity index (χ3v) is 2.97. The summed E-state index contributed by atoms with van der Waals surface area (Å²) in [6.07, 6.45) is 3.56. The molecule has 0 spiro atoms. The van der Waals surface area contributed by atoms with E-state index in [0.29, 0.717) is 6.61 Å². The van der Waals surface area contributed by atoms with E-state index in [9.17, 15) is 0 Å². The lowest BCUT2D eigenvalue weighted by atomic mass is 10.2. The van der Waals surface area contributed by atoms with Crippen LogP contribution in [0.2, 0.25) is 0 Å². The number of halogens is 1. The number of hydrogen-bond acceptors (Lipinski definition) is 2. The van der Waals surface area contributed by atoms with Crippen LogP contribution in [-0.4, -0.2) is 12.8 Å². The predicted octanol–water partition coefficient (Wildman–Crippen LogP) is 4.76. The van der Waals surface area contributed by atoms with Gasteiger partial charge in [0.05, 0.1) is 5.69 Å². The van der Waals surface area contributed by atoms with Gasteiger partial charge in [-0.25, -0.2) is 0 Å². The van der Waals surface area contributed by atoms with Crippen LogP contribution in [-0.2, 0) is 0 Å². The molecule has 0 atom stereocenters. The van der Waals surface area contributed by atoms with Crippen molar-refractivity contribution in [3.8, 4) is 5.75 Å². The van der Waals surface area contributed by atoms with Crippen LogP contribution in [0.4, 0.5) is 5.69 Å². The van der Waals surface area contributed by atoms with Gasteiger partial charge in [0.25, 0.3) is 0 Å². The lowest BCUT2D eigenvalue weighted by Crippen LogP contribution is -1.92. The van der Waals surface area contributed by atoms with E-state index in [1.165, 1.54) is 0 Å². The Hall–Kier alpha value is -1.87. The van der Waals surface area contributed by atoms with Crippen molar-refractivity contribution in [3.63, 3.8) is 0 Å². The molecule has 2 rings (SSSR count). The minimum atomic E-state index is 0.520. The second kappa shape index (κ2) is 6.90. The molecule has 0 radical (unpaired) electrons. The summed E-state index contributed by atoms with van der Waals surface area (Å²) in [7, 11) is 0. The van der Waals surface area contributed by atoms with Gasteiger partial charge in [0, 0.05) is 10.7 Å². The average Bonchev–Trinajstić information content (AvgIpc) is 2.46. The number of ether oxygens (including phenoxy) is 1. The van der Waals surface area contributed by atoms with E-state index < -0.39 is 0 Å². The van der Waals surface area contributed by atoms with Gasteiger partial charge < -0.3 is 4.74 Å². The molecule has 2 aromatic rings. The molecule has 2 nitrogen and oxygen atoms in total. The van der Waals surface area contributed by atoms with Gasteiger partial charge in [-0.15, -0.1) is 0 Å². The molecule has 0 unspecified atom stereocenters. The molecule has 0 amide bonds. The molecular weight excluding hydrogens is 302 g/mol. The highest BCUT2D eigenvalue weighted by Crippen LogP contribution is 2.17. The number of aliphatic imine (C=N–C) groups is 1. The molecule has 0 aliphatic rings. The van der Waals surface area contributed by atoms with Gasteiger partial charge in [-0.1, -0.05) is 28.6 Å². The minimum absolute atomic E-state index is 0.520. The number of benzene rings is 2. The molecule has 0 aliphatic carbocycles. The summed E-state index contributed by atoms with van der Waals surface area (Å²) < 4.78 is 6.47. The number of nitrogens with zero attached hydrogens (tertiary/aromatic N) is 1. The van der Waals surface area contributed by atoms with Crippen LogP contribution in [0, 0.1) is 0 Å². The zero-order valence-corrected chi connectivity index (χ0v) is 12.0. The van der Waals surface area contributed by atoms with Gasteiger partial charge in [-0.3, -0.25) is 4.99 Å². The third kappa shape index (κ3) is 4.38. The lowest BCUT2D eigenvalue weighted by molar-refractivity contribution is 0.363. The molecule has 3 heteroatoms. The fourth-order valence-corrected chi connectivity index (χ4v) is 1.75. The normalized spacial score (nSPS) is 10.6. The van der Waals surface area contributed by atoms with Crippen molar-refractivity contribution in [2.45, 2.75) is 0 Å². The molecule has 0 aliphatic heterocycles. The van der Waals surface area contributed by atoms with E-state index in [4.69, 9.17) is 4.74 Å². The molecule has 0 fully saturated rings. The topological polar surface area (TPSA) is 21.6 Å². The van der Waals surface area contributed by atoms with Crippen LogP contribution in [0.1, 0.15) is 5.56 Å². The van der Waals surface area contributed by atoms with Crippen molar-refractivity contribution in [2.24, 2.45) is 4.99 Å². The Labute approximate surface area is 121 Å². The SMILES string of the molecule is C=CCOc1ccc(C=Nc2ccc(Br)cc2)cc1. The molecule has 0 aromatic heterocycles. The van der Waals surface area contributed by atoms with Gasteiger partial charge in [0.1, 0.15) is 12.4 Å². The Morgan fingerprint density at radius 1 is 1.05 bits per heavy atom. The molecule has 0 saturated carbocycles. The fraction of sp³-hybridized carbons (Fsp3) is 0.0625. The Kier molecular flexibility index (Phi) is 4.93. The number of hydrogen-bond donors (Lipinski definition) is 0. The highest BCUT2D eigenvalue weighted by molar-refractivity contribution is 9.10. The molecule has 0 saturated heterocycles. The Bertz CT molecular complexity index is 558. The molecule has 19 heavy (non-hydrogen) atoms. The summed E-state index contributed by atoms with van der Waals surface area (Å²) >= 11 is 3.40. The maximum absolute atomic E-state index is 5.42. The van der Waals surface area contributed by atoms with Crippen molar-refractivity contribution >= 4 is 27.8 Å². The van der Waals surface area contributed by atoms with E-state index in [-0.39, 0.29) is 0 Å². The van der Waals surface area contributed by atoms with Crippen LogP contribution >= 0.6 is 15.9 Å². The summed E-state index contributed by atoms with van der Waals surface area (Å²) in [6, 6.07) is 15.7. The fourth-order valence-electron chi connectivity index (χ4n) is 1.48. The zero-order valence-electron chi connectivity index (χ0n) is 10.4. The van der Waals surface area contributed by atoms with Crippen LogP contribution in [0.25, 0.3) is 0 Å². The molecule has 96 valence electrons. The Balaban J connectivity index is 2.02. The number of rotatable bonds is 5. The summed E-state index contributed by atoms with van der Waals surface area (Å²) in [6.45, 7) is 4.13. The standard InChI is InChI=1S/C16H14BrNO/c1-2-11-19-16-9-3-13(4-10-16)12-18-15-7-5-14(17)6-8-15/h2-10,12H,1,11H2. The van der Waals surface area contributed by atoms with Crippen molar-refractivity contribution < 1.29 is 4.74 Å². The van der Waals surface area contributed by atoms with Gasteiger partial charge in [0.2, 0.25) is 0 Å². The van der Waals surface area contributed by atoms with Gasteiger partial charge in [-0.05, 0) is 54.1 Å². The van der Waals surface area contributed by atoms with Crippen LogP contribution in [0.3, 0.4) is 0 Å². The second-order valence-corrected chi connectivity index (χ2v) is 4.82. The van der Waals surface area contributed by atoms with Crippen molar-refractivity contribution in [1.29, 1.82) is 0 Å². The average molecular weight is 316 g/mol. The molecule has 0 N–H and O–H groups in total. The Morgan fingerprint density at radius 2 is 1.74 bits per heavy atom. The van der Waals surface area contributed by atoms with Crippen LogP contribution in [0.15, 0.2) is 70.7 Å². The van der Waals surface area contributed by atoms with Crippen molar-refractivity contribution in [1.82, 2.24) is 0 Å². The Morgan fingerprint density at radius 3 is 2.37 bits per heavy atom. The van der Waals surface area contributed by atoms with E-state index in [1.54, 1.807) is 6.08 Å². The van der Waals surface area contributed by atoms with Crippen LogP contribution < -0.4 is 4.74 Å². The molecule has 2 aromatic carbocycles. The van der Waals surface area contributed by atoms with E-state index >= 15 is 0 Å². The largest absolute Gasteiger partial charge is 0.490 e. The molecular formula is C16H14BrNO. The summed E-state index contributed by atoms with van der Waals surface area (Å²) in [5.41, 5.74) is 1.96. The molecule has 0 bridgehead atoms. The molecule has 0 heterocycles. The third-order valence-electron chi connectivity index (χ3n) is 2.44. The first kappa shape index (κ1) is 13.6. The first-order valence-electron chi connectivity index (χ1n) is 5.91. The maximum atomic E-state index is 5.42. The van der Waals surface area contributed by atoms with E-state index in [0.717, 1.165) is 21.5 Å². The maximum Gasteiger partial charge on any atom is 0.119 e. The van der Waals surface area contributed by atoms with Gasteiger partial charge >= 0.3 is 0 Å². The highest BCUT2D eigenvalue weighted by Gasteiger charge is 1.93. The van der Waals surface area contributed by atoms with E-state index in [2.05, 4.69) is 27.5 Å². The zero-order chi connectivity index (χ0) is 13.5. The first-order valence-corrected chi connectivity index (χ1v) is 6.70. The van der Waals surface area contributed by atoms with Gasteiger partial charge in [0.15, 0.2) is 0 Å². The highest BCUT2D eigenvalue weighted by atomic mass is 79.9. The van der Waals surface area contributed by atoms with Crippen molar-refractivity contribution in [2.75, 3.05) is 6.61 Å². The second-order valence-electron chi connectivity index (χ2n) is 3.90. The smallest absolute Gasteiger partial charge is 0.119 e. The summed E-state index contributed by atoms with van der Waals surface area (Å²) in [4.78, 5) is 4.41. The van der Waals surface area contributed by atoms with Gasteiger partial charge in [-0.2, -0.15) is 0 Å². The van der Waals surface area contributed by atoms with Crippen molar-refractivity contribution in [3.05, 3.63) is 71.2 Å². The minimum Gasteiger partial charge on any atom is -0.490 e. The van der Waals surface area contributed by atoms with E-state index in [1.807, 2.05) is 54.7 Å². The predicted molar refractivity (Wildman–Crippen MR) is 83.5 cm³/mol. The summed E-state index contributed by atoms with van der Waals surface area (Å²) in [5.74, 6) is 0.834. The monoisotopic (exact) mass is 315 g/mol. The first-order chi connectivity index (χ1) is 9.28. The van der Waals surface area contributed by atoms with Crippen LogP contribution in [0.5, 0.6) is 5.75 Å². The summed E-state index contributed by atoms with van der Waals surface area (Å²) in [5, 5.41) is 0. The quantitative estimate of drug-likeness (QED) is 0.575.